The largest absolute Gasteiger partial charge is 0.504 e. The number of halogens is 1. The fourth-order valence-electron chi connectivity index (χ4n) is 5.48. The lowest BCUT2D eigenvalue weighted by atomic mass is 9.81. The summed E-state index contributed by atoms with van der Waals surface area (Å²) in [6, 6.07) is 14.2. The number of nitrogens with zero attached hydrogens (tertiary/aromatic N) is 2. The van der Waals surface area contributed by atoms with E-state index in [1.807, 2.05) is 58.0 Å². The molecule has 236 valence electrons. The first kappa shape index (κ1) is 33.0. The number of carboxylic acids is 1. The van der Waals surface area contributed by atoms with Gasteiger partial charge in [0.25, 0.3) is 0 Å². The predicted octanol–water partition coefficient (Wildman–Crippen LogP) is 8.00. The first-order chi connectivity index (χ1) is 20.8. The summed E-state index contributed by atoms with van der Waals surface area (Å²) in [5.74, 6) is -0.614. The second-order valence-electron chi connectivity index (χ2n) is 13.1. The van der Waals surface area contributed by atoms with Crippen molar-refractivity contribution in [1.82, 2.24) is 4.98 Å². The Morgan fingerprint density at radius 2 is 1.73 bits per heavy atom. The van der Waals surface area contributed by atoms with Crippen molar-refractivity contribution in [1.29, 1.82) is 0 Å². The standard InChI is InChI=1S/C36H45FN2O5/c1-24-30(33(34(40)41)44-35(2,3)4)32(39-20-18-36(5,6)19-21-39)31(29(38-24)17-22-42-7)26-10-14-28(15-11-26)43-23-16-25-8-12-27(37)13-9-25/h8-15,17,22,33H,16,18-21,23H2,1-7H3,(H,40,41)/b22-17+. The van der Waals surface area contributed by atoms with Gasteiger partial charge in [-0.25, -0.2) is 9.18 Å². The summed E-state index contributed by atoms with van der Waals surface area (Å²) in [7, 11) is 1.58. The average Bonchev–Trinajstić information content (AvgIpc) is 2.96. The van der Waals surface area contributed by atoms with Gasteiger partial charge in [-0.05, 0) is 87.4 Å². The lowest BCUT2D eigenvalue weighted by Crippen LogP contribution is -2.39. The third-order valence-electron chi connectivity index (χ3n) is 7.89. The molecule has 0 amide bonds. The highest BCUT2D eigenvalue weighted by Gasteiger charge is 2.36. The minimum atomic E-state index is -1.21. The van der Waals surface area contributed by atoms with Gasteiger partial charge in [-0.2, -0.15) is 0 Å². The van der Waals surface area contributed by atoms with Crippen LogP contribution in [-0.2, 0) is 20.7 Å². The van der Waals surface area contributed by atoms with Crippen LogP contribution in [0.3, 0.4) is 0 Å². The van der Waals surface area contributed by atoms with E-state index in [1.165, 1.54) is 12.1 Å². The fourth-order valence-corrected chi connectivity index (χ4v) is 5.48. The second-order valence-corrected chi connectivity index (χ2v) is 13.1. The minimum absolute atomic E-state index is 0.193. The number of aryl methyl sites for hydroxylation is 1. The number of hydrogen-bond donors (Lipinski definition) is 1. The molecule has 1 aliphatic rings. The number of aromatic nitrogens is 1. The van der Waals surface area contributed by atoms with Crippen LogP contribution in [0, 0.1) is 18.2 Å². The van der Waals surface area contributed by atoms with Crippen molar-refractivity contribution in [3.05, 3.63) is 83.1 Å². The maximum absolute atomic E-state index is 13.2. The first-order valence-electron chi connectivity index (χ1n) is 15.1. The van der Waals surface area contributed by atoms with Gasteiger partial charge in [0.15, 0.2) is 6.10 Å². The summed E-state index contributed by atoms with van der Waals surface area (Å²) in [5, 5.41) is 10.5. The summed E-state index contributed by atoms with van der Waals surface area (Å²) < 4.78 is 30.7. The zero-order chi connectivity index (χ0) is 32.1. The normalized spacial score (nSPS) is 15.8. The van der Waals surface area contributed by atoms with Crippen molar-refractivity contribution < 1.29 is 28.5 Å². The molecule has 1 aromatic heterocycles. The zero-order valence-electron chi connectivity index (χ0n) is 26.9. The van der Waals surface area contributed by atoms with E-state index in [0.29, 0.717) is 35.7 Å². The number of rotatable bonds is 11. The summed E-state index contributed by atoms with van der Waals surface area (Å²) in [6.45, 7) is 14.0. The summed E-state index contributed by atoms with van der Waals surface area (Å²) in [4.78, 5) is 20.0. The molecular formula is C36H45FN2O5. The van der Waals surface area contributed by atoms with Crippen LogP contribution < -0.4 is 9.64 Å². The van der Waals surface area contributed by atoms with Gasteiger partial charge < -0.3 is 24.2 Å². The molecule has 0 saturated carbocycles. The highest BCUT2D eigenvalue weighted by molar-refractivity contribution is 5.90. The third-order valence-corrected chi connectivity index (χ3v) is 7.89. The van der Waals surface area contributed by atoms with Gasteiger partial charge in [0, 0.05) is 36.3 Å². The van der Waals surface area contributed by atoms with Gasteiger partial charge >= 0.3 is 5.97 Å². The fraction of sp³-hybridized carbons (Fsp3) is 0.444. The van der Waals surface area contributed by atoms with E-state index < -0.39 is 17.7 Å². The van der Waals surface area contributed by atoms with Crippen LogP contribution in [-0.4, -0.2) is 48.5 Å². The van der Waals surface area contributed by atoms with E-state index in [4.69, 9.17) is 19.2 Å². The maximum Gasteiger partial charge on any atom is 0.337 e. The van der Waals surface area contributed by atoms with Crippen molar-refractivity contribution in [2.24, 2.45) is 5.41 Å². The second kappa shape index (κ2) is 13.8. The monoisotopic (exact) mass is 604 g/mol. The Kier molecular flexibility index (Phi) is 10.4. The Hall–Kier alpha value is -3.91. The number of benzene rings is 2. The van der Waals surface area contributed by atoms with E-state index in [9.17, 15) is 14.3 Å². The van der Waals surface area contributed by atoms with Crippen molar-refractivity contribution in [3.8, 4) is 16.9 Å². The van der Waals surface area contributed by atoms with Crippen molar-refractivity contribution in [2.75, 3.05) is 31.7 Å². The molecule has 2 aromatic carbocycles. The van der Waals surface area contributed by atoms with Crippen LogP contribution in [0.4, 0.5) is 10.1 Å². The molecule has 8 heteroatoms. The zero-order valence-corrected chi connectivity index (χ0v) is 26.9. The number of ether oxygens (including phenoxy) is 3. The molecule has 1 unspecified atom stereocenters. The summed E-state index contributed by atoms with van der Waals surface area (Å²) in [6.07, 6.45) is 4.78. The minimum Gasteiger partial charge on any atom is -0.504 e. The molecule has 7 nitrogen and oxygen atoms in total. The van der Waals surface area contributed by atoms with Gasteiger partial charge in [-0.15, -0.1) is 0 Å². The molecule has 4 rings (SSSR count). The van der Waals surface area contributed by atoms with Gasteiger partial charge in [-0.3, -0.25) is 4.98 Å². The SMILES string of the molecule is CO/C=C/c1nc(C)c(C(OC(C)(C)C)C(=O)O)c(N2CCC(C)(C)CC2)c1-c1ccc(OCCc2ccc(F)cc2)cc1. The smallest absolute Gasteiger partial charge is 0.337 e. The van der Waals surface area contributed by atoms with E-state index in [-0.39, 0.29) is 11.2 Å². The number of hydrogen-bond acceptors (Lipinski definition) is 6. The highest BCUT2D eigenvalue weighted by atomic mass is 19.1. The summed E-state index contributed by atoms with van der Waals surface area (Å²) in [5.41, 5.74) is 4.86. The predicted molar refractivity (Wildman–Crippen MR) is 172 cm³/mol. The van der Waals surface area contributed by atoms with Crippen LogP contribution >= 0.6 is 0 Å². The van der Waals surface area contributed by atoms with E-state index >= 15 is 0 Å². The molecule has 1 N–H and O–H groups in total. The van der Waals surface area contributed by atoms with Gasteiger partial charge in [0.05, 0.1) is 37.0 Å². The Labute approximate surface area is 260 Å². The molecule has 0 radical (unpaired) electrons. The Balaban J connectivity index is 1.80. The van der Waals surface area contributed by atoms with Crippen LogP contribution in [0.25, 0.3) is 17.2 Å². The molecule has 0 aliphatic carbocycles. The van der Waals surface area contributed by atoms with Crippen molar-refractivity contribution in [2.45, 2.75) is 72.5 Å². The van der Waals surface area contributed by atoms with E-state index in [2.05, 4.69) is 18.7 Å². The Bertz CT molecular complexity index is 1450. The van der Waals surface area contributed by atoms with Crippen molar-refractivity contribution in [3.63, 3.8) is 0 Å². The van der Waals surface area contributed by atoms with Crippen LogP contribution in [0.1, 0.15) is 76.1 Å². The third kappa shape index (κ3) is 8.38. The van der Waals surface area contributed by atoms with Crippen LogP contribution in [0.5, 0.6) is 5.75 Å². The molecule has 44 heavy (non-hydrogen) atoms. The molecule has 1 fully saturated rings. The van der Waals surface area contributed by atoms with Gasteiger partial charge in [0.2, 0.25) is 0 Å². The van der Waals surface area contributed by atoms with Crippen LogP contribution in [0.2, 0.25) is 0 Å². The Morgan fingerprint density at radius 3 is 2.30 bits per heavy atom. The van der Waals surface area contributed by atoms with Crippen LogP contribution in [0.15, 0.2) is 54.8 Å². The highest BCUT2D eigenvalue weighted by Crippen LogP contribution is 2.45. The number of aliphatic carboxylic acids is 1. The van der Waals surface area contributed by atoms with E-state index in [0.717, 1.165) is 48.3 Å². The molecular weight excluding hydrogens is 559 g/mol. The topological polar surface area (TPSA) is 81.1 Å². The number of piperidine rings is 1. The Morgan fingerprint density at radius 1 is 1.09 bits per heavy atom. The van der Waals surface area contributed by atoms with Gasteiger partial charge in [0.1, 0.15) is 11.6 Å². The summed E-state index contributed by atoms with van der Waals surface area (Å²) >= 11 is 0. The molecule has 1 saturated heterocycles. The quantitative estimate of drug-likeness (QED) is 0.222. The average molecular weight is 605 g/mol. The lowest BCUT2D eigenvalue weighted by Gasteiger charge is -2.41. The number of anilines is 1. The molecule has 1 atom stereocenters. The molecule has 0 bridgehead atoms. The number of carbonyl (C=O) groups is 1. The molecule has 3 aromatic rings. The van der Waals surface area contributed by atoms with E-state index in [1.54, 1.807) is 25.5 Å². The maximum atomic E-state index is 13.2. The lowest BCUT2D eigenvalue weighted by molar-refractivity contribution is -0.160. The van der Waals surface area contributed by atoms with Crippen molar-refractivity contribution >= 4 is 17.7 Å². The number of carboxylic acid groups (broad SMARTS) is 1. The first-order valence-corrected chi connectivity index (χ1v) is 15.1. The molecule has 2 heterocycles. The van der Waals surface area contributed by atoms with Gasteiger partial charge in [-0.1, -0.05) is 38.1 Å². The number of methoxy groups -OCH3 is 1. The number of pyridine rings is 1. The molecule has 0 spiro atoms. The molecule has 1 aliphatic heterocycles.